The van der Waals surface area contributed by atoms with Crippen LogP contribution in [0.3, 0.4) is 0 Å². The molecule has 2 atom stereocenters. The third-order valence-corrected chi connectivity index (χ3v) is 5.89. The fourth-order valence-corrected chi connectivity index (χ4v) is 4.37. The molecule has 148 valence electrons. The molecule has 2 amide bonds. The van der Waals surface area contributed by atoms with Crippen LogP contribution >= 0.6 is 0 Å². The van der Waals surface area contributed by atoms with Crippen molar-refractivity contribution >= 4 is 17.7 Å². The van der Waals surface area contributed by atoms with Gasteiger partial charge in [0.1, 0.15) is 11.5 Å². The number of carbonyl (C=O) groups is 2. The number of rotatable bonds is 4. The van der Waals surface area contributed by atoms with E-state index in [1.807, 2.05) is 0 Å². The molecule has 7 heteroatoms. The lowest BCUT2D eigenvalue weighted by Gasteiger charge is -2.23. The van der Waals surface area contributed by atoms with Gasteiger partial charge in [0, 0.05) is 24.8 Å². The minimum atomic E-state index is -0.798. The predicted octanol–water partition coefficient (Wildman–Crippen LogP) is 4.07. The zero-order chi connectivity index (χ0) is 20.4. The largest absolute Gasteiger partial charge is 0.481 e. The van der Waals surface area contributed by atoms with Crippen molar-refractivity contribution in [2.75, 3.05) is 18.4 Å². The Morgan fingerprint density at radius 3 is 2.69 bits per heavy atom. The van der Waals surface area contributed by atoms with Gasteiger partial charge in [-0.3, -0.25) is 4.79 Å². The Hall–Kier alpha value is -3.53. The van der Waals surface area contributed by atoms with Gasteiger partial charge in [-0.25, -0.2) is 4.79 Å². The summed E-state index contributed by atoms with van der Waals surface area (Å²) in [6.45, 7) is 0.722. The molecule has 0 spiro atoms. The number of hydrogen-bond acceptors (Lipinski definition) is 4. The van der Waals surface area contributed by atoms with E-state index in [0.717, 1.165) is 12.8 Å². The first-order valence-corrected chi connectivity index (χ1v) is 9.57. The quantitative estimate of drug-likeness (QED) is 0.818. The van der Waals surface area contributed by atoms with Gasteiger partial charge in [-0.05, 0) is 55.2 Å². The van der Waals surface area contributed by atoms with Gasteiger partial charge in [-0.15, -0.1) is 0 Å². The zero-order valence-corrected chi connectivity index (χ0v) is 15.8. The van der Waals surface area contributed by atoms with Gasteiger partial charge in [0.25, 0.3) is 0 Å². The number of urea groups is 1. The van der Waals surface area contributed by atoms with Crippen LogP contribution in [0.2, 0.25) is 0 Å². The van der Waals surface area contributed by atoms with Crippen molar-refractivity contribution in [1.29, 1.82) is 5.26 Å². The fourth-order valence-electron chi connectivity index (χ4n) is 4.37. The van der Waals surface area contributed by atoms with E-state index in [4.69, 9.17) is 10.00 Å². The van der Waals surface area contributed by atoms with Crippen molar-refractivity contribution in [3.05, 3.63) is 54.1 Å². The lowest BCUT2D eigenvalue weighted by molar-refractivity contribution is -0.149. The molecule has 4 rings (SSSR count). The first-order valence-electron chi connectivity index (χ1n) is 9.57. The lowest BCUT2D eigenvalue weighted by atomic mass is 9.81. The molecule has 1 aliphatic carbocycles. The van der Waals surface area contributed by atoms with Crippen LogP contribution in [0.1, 0.15) is 24.8 Å². The van der Waals surface area contributed by atoms with Gasteiger partial charge in [0.05, 0.1) is 17.0 Å². The number of likely N-dealkylation sites (tertiary alicyclic amines) is 1. The summed E-state index contributed by atoms with van der Waals surface area (Å²) in [6.07, 6.45) is 2.38. The number of ether oxygens (including phenoxy) is 1. The minimum absolute atomic E-state index is 0.0248. The van der Waals surface area contributed by atoms with E-state index in [1.165, 1.54) is 0 Å². The summed E-state index contributed by atoms with van der Waals surface area (Å²) in [7, 11) is 0. The maximum Gasteiger partial charge on any atom is 0.321 e. The van der Waals surface area contributed by atoms with Gasteiger partial charge >= 0.3 is 12.0 Å². The topological polar surface area (TPSA) is 103 Å². The highest BCUT2D eigenvalue weighted by Crippen LogP contribution is 2.49. The number of carboxylic acids is 1. The molecule has 29 heavy (non-hydrogen) atoms. The average molecular weight is 391 g/mol. The van der Waals surface area contributed by atoms with Crippen LogP contribution in [0.4, 0.5) is 10.5 Å². The first-order chi connectivity index (χ1) is 14.0. The molecule has 0 aromatic heterocycles. The normalized spacial score (nSPS) is 22.6. The molecule has 7 nitrogen and oxygen atoms in total. The third-order valence-electron chi connectivity index (χ3n) is 5.89. The summed E-state index contributed by atoms with van der Waals surface area (Å²) < 4.78 is 5.78. The number of nitrogens with one attached hydrogen (secondary N) is 1. The maximum atomic E-state index is 12.7. The predicted molar refractivity (Wildman–Crippen MR) is 106 cm³/mol. The molecule has 1 saturated heterocycles. The monoisotopic (exact) mass is 391 g/mol. The second-order valence-corrected chi connectivity index (χ2v) is 7.63. The standard InChI is InChI=1S/C22H21N3O4/c23-12-15-6-8-18(9-7-15)29-19-5-1-4-17(11-19)24-21(28)25-13-16-3-2-10-22(16,14-25)20(26)27/h1,4-9,11,16H,2-3,10,13-14H2,(H,24,28)(H,26,27)/t16-,22+/m0/s1. The number of hydrogen-bond donors (Lipinski definition) is 2. The fraction of sp³-hybridized carbons (Fsp3) is 0.318. The average Bonchev–Trinajstić information content (AvgIpc) is 3.28. The van der Waals surface area contributed by atoms with Gasteiger partial charge in [0.15, 0.2) is 0 Å². The molecule has 1 saturated carbocycles. The molecule has 2 fully saturated rings. The summed E-state index contributed by atoms with van der Waals surface area (Å²) >= 11 is 0. The summed E-state index contributed by atoms with van der Waals surface area (Å²) in [4.78, 5) is 26.1. The van der Waals surface area contributed by atoms with Crippen LogP contribution in [-0.2, 0) is 4.79 Å². The van der Waals surface area contributed by atoms with Crippen LogP contribution in [0.5, 0.6) is 11.5 Å². The van der Waals surface area contributed by atoms with E-state index in [9.17, 15) is 14.7 Å². The third kappa shape index (κ3) is 3.61. The Bertz CT molecular complexity index is 982. The number of amides is 2. The molecule has 2 aromatic carbocycles. The molecule has 0 radical (unpaired) electrons. The number of aliphatic carboxylic acids is 1. The van der Waals surface area contributed by atoms with Crippen molar-refractivity contribution in [2.24, 2.45) is 11.3 Å². The van der Waals surface area contributed by atoms with Crippen molar-refractivity contribution in [3.63, 3.8) is 0 Å². The Balaban J connectivity index is 1.42. The molecule has 1 aliphatic heterocycles. The Morgan fingerprint density at radius 1 is 1.21 bits per heavy atom. The van der Waals surface area contributed by atoms with Crippen molar-refractivity contribution < 1.29 is 19.4 Å². The van der Waals surface area contributed by atoms with Gasteiger partial charge in [-0.2, -0.15) is 5.26 Å². The van der Waals surface area contributed by atoms with Gasteiger partial charge in [0.2, 0.25) is 0 Å². The van der Waals surface area contributed by atoms with Crippen molar-refractivity contribution in [2.45, 2.75) is 19.3 Å². The minimum Gasteiger partial charge on any atom is -0.481 e. The van der Waals surface area contributed by atoms with Crippen molar-refractivity contribution in [1.82, 2.24) is 4.90 Å². The van der Waals surface area contributed by atoms with Gasteiger partial charge in [-0.1, -0.05) is 12.5 Å². The highest BCUT2D eigenvalue weighted by molar-refractivity contribution is 5.90. The summed E-state index contributed by atoms with van der Waals surface area (Å²) in [5.74, 6) is 0.362. The lowest BCUT2D eigenvalue weighted by Crippen LogP contribution is -2.38. The second-order valence-electron chi connectivity index (χ2n) is 7.63. The molecule has 2 N–H and O–H groups in total. The highest BCUT2D eigenvalue weighted by Gasteiger charge is 2.55. The van der Waals surface area contributed by atoms with Crippen LogP contribution < -0.4 is 10.1 Å². The van der Waals surface area contributed by atoms with E-state index in [2.05, 4.69) is 11.4 Å². The Labute approximate surface area is 168 Å². The van der Waals surface area contributed by atoms with Crippen LogP contribution in [0, 0.1) is 22.7 Å². The zero-order valence-electron chi connectivity index (χ0n) is 15.8. The molecule has 1 heterocycles. The molecular formula is C22H21N3O4. The number of benzene rings is 2. The molecule has 2 aromatic rings. The number of nitrogens with zero attached hydrogens (tertiary/aromatic N) is 2. The number of anilines is 1. The summed E-state index contributed by atoms with van der Waals surface area (Å²) in [5.41, 5.74) is 0.327. The summed E-state index contributed by atoms with van der Waals surface area (Å²) in [5, 5.41) is 21.4. The number of carbonyl (C=O) groups excluding carboxylic acids is 1. The van der Waals surface area contributed by atoms with Crippen LogP contribution in [-0.4, -0.2) is 35.1 Å². The Kier molecular flexibility index (Phi) is 4.85. The van der Waals surface area contributed by atoms with E-state index < -0.39 is 11.4 Å². The van der Waals surface area contributed by atoms with Gasteiger partial charge < -0.3 is 20.1 Å². The smallest absolute Gasteiger partial charge is 0.321 e. The molecule has 0 bridgehead atoms. The van der Waals surface area contributed by atoms with Crippen molar-refractivity contribution in [3.8, 4) is 17.6 Å². The molecule has 2 aliphatic rings. The van der Waals surface area contributed by atoms with E-state index >= 15 is 0 Å². The number of nitriles is 1. The maximum absolute atomic E-state index is 12.7. The molecular weight excluding hydrogens is 370 g/mol. The first kappa shape index (κ1) is 18.8. The van der Waals surface area contributed by atoms with Crippen LogP contribution in [0.15, 0.2) is 48.5 Å². The molecule has 0 unspecified atom stereocenters. The van der Waals surface area contributed by atoms with E-state index in [1.54, 1.807) is 53.4 Å². The Morgan fingerprint density at radius 2 is 2.00 bits per heavy atom. The number of fused-ring (bicyclic) bond motifs is 1. The second kappa shape index (κ2) is 7.47. The number of carboxylic acid groups (broad SMARTS) is 1. The summed E-state index contributed by atoms with van der Waals surface area (Å²) in [6, 6.07) is 15.5. The van der Waals surface area contributed by atoms with E-state index in [0.29, 0.717) is 35.7 Å². The highest BCUT2D eigenvalue weighted by atomic mass is 16.5. The van der Waals surface area contributed by atoms with E-state index in [-0.39, 0.29) is 18.5 Å². The SMILES string of the molecule is N#Cc1ccc(Oc2cccc(NC(=O)N3C[C@@H]4CCC[C@@]4(C(=O)O)C3)c2)cc1. The van der Waals surface area contributed by atoms with Crippen LogP contribution in [0.25, 0.3) is 0 Å².